The van der Waals surface area contributed by atoms with Crippen LogP contribution in [0.2, 0.25) is 0 Å². The molecule has 1 aromatic carbocycles. The quantitative estimate of drug-likeness (QED) is 0.801. The molecular weight excluding hydrogens is 306 g/mol. The number of Topliss-reactive ketones (excluding diaryl/α,β-unsaturated/α-hetero) is 1. The molecule has 0 aliphatic carbocycles. The van der Waals surface area contributed by atoms with Crippen molar-refractivity contribution in [1.82, 2.24) is 15.3 Å². The summed E-state index contributed by atoms with van der Waals surface area (Å²) < 4.78 is 0. The van der Waals surface area contributed by atoms with Gasteiger partial charge in [-0.3, -0.25) is 14.8 Å². The Bertz CT molecular complexity index is 839. The summed E-state index contributed by atoms with van der Waals surface area (Å²) in [6.07, 6.45) is 6.17. The first-order valence-electron chi connectivity index (χ1n) is 7.83. The number of hydrogen-bond acceptors (Lipinski definition) is 5. The van der Waals surface area contributed by atoms with Crippen LogP contribution in [0.4, 0.5) is 0 Å². The van der Waals surface area contributed by atoms with E-state index >= 15 is 0 Å². The summed E-state index contributed by atoms with van der Waals surface area (Å²) >= 11 is 1.63. The van der Waals surface area contributed by atoms with Gasteiger partial charge in [0.2, 0.25) is 0 Å². The lowest BCUT2D eigenvalue weighted by Gasteiger charge is -2.09. The molecule has 0 spiro atoms. The van der Waals surface area contributed by atoms with E-state index in [1.807, 2.05) is 24.0 Å². The zero-order valence-electron chi connectivity index (χ0n) is 12.7. The third-order valence-corrected chi connectivity index (χ3v) is 5.12. The maximum atomic E-state index is 12.3. The minimum absolute atomic E-state index is 0.0102. The van der Waals surface area contributed by atoms with Crippen LogP contribution in [0.5, 0.6) is 0 Å². The molecule has 3 heterocycles. The zero-order chi connectivity index (χ0) is 15.6. The molecule has 23 heavy (non-hydrogen) atoms. The fraction of sp³-hybridized carbons (Fsp3) is 0.278. The van der Waals surface area contributed by atoms with Crippen LogP contribution in [0.15, 0.2) is 42.2 Å². The maximum absolute atomic E-state index is 12.3. The molecule has 116 valence electrons. The Morgan fingerprint density at radius 1 is 1.26 bits per heavy atom. The number of nitrogens with one attached hydrogen (secondary N) is 1. The van der Waals surface area contributed by atoms with E-state index in [1.165, 1.54) is 0 Å². The molecule has 3 aromatic rings. The van der Waals surface area contributed by atoms with Crippen molar-refractivity contribution in [3.63, 3.8) is 0 Å². The third kappa shape index (κ3) is 3.02. The average Bonchev–Trinajstić information content (AvgIpc) is 3.27. The molecule has 1 aliphatic rings. The van der Waals surface area contributed by atoms with E-state index in [0.29, 0.717) is 6.42 Å². The number of pyridine rings is 1. The number of aromatic nitrogens is 2. The highest BCUT2D eigenvalue weighted by Crippen LogP contribution is 2.27. The van der Waals surface area contributed by atoms with Gasteiger partial charge >= 0.3 is 0 Å². The monoisotopic (exact) mass is 323 g/mol. The molecule has 0 radical (unpaired) electrons. The van der Waals surface area contributed by atoms with Gasteiger partial charge in [-0.2, -0.15) is 0 Å². The fourth-order valence-corrected chi connectivity index (χ4v) is 3.68. The van der Waals surface area contributed by atoms with Crippen molar-refractivity contribution in [2.24, 2.45) is 0 Å². The van der Waals surface area contributed by atoms with Gasteiger partial charge in [-0.15, -0.1) is 11.3 Å². The standard InChI is InChI=1S/C18H17N3OS/c22-17(16-2-1-5-20-16)8-15-7-14-6-12(18-10-19-11-23-18)3-4-13(14)9-21-15/h3-4,6-7,9-11,16,20H,1-2,5,8H2/t16-/m1/s1. The predicted molar refractivity (Wildman–Crippen MR) is 92.6 cm³/mol. The largest absolute Gasteiger partial charge is 0.307 e. The number of rotatable bonds is 4. The number of fused-ring (bicyclic) bond motifs is 1. The molecule has 1 aliphatic heterocycles. The Labute approximate surface area is 138 Å². The van der Waals surface area contributed by atoms with Gasteiger partial charge in [0.1, 0.15) is 0 Å². The summed E-state index contributed by atoms with van der Waals surface area (Å²) in [5.74, 6) is 0.243. The van der Waals surface area contributed by atoms with E-state index in [1.54, 1.807) is 11.3 Å². The van der Waals surface area contributed by atoms with Crippen molar-refractivity contribution in [3.05, 3.63) is 47.9 Å². The second-order valence-corrected chi connectivity index (χ2v) is 6.78. The highest BCUT2D eigenvalue weighted by molar-refractivity contribution is 7.13. The van der Waals surface area contributed by atoms with Crippen LogP contribution in [0.25, 0.3) is 21.2 Å². The normalized spacial score (nSPS) is 17.7. The van der Waals surface area contributed by atoms with E-state index in [9.17, 15) is 4.79 Å². The third-order valence-electron chi connectivity index (χ3n) is 4.30. The number of nitrogens with zero attached hydrogens (tertiary/aromatic N) is 2. The summed E-state index contributed by atoms with van der Waals surface area (Å²) in [7, 11) is 0. The SMILES string of the molecule is O=C(Cc1cc2cc(-c3cncs3)ccc2cn1)[C@H]1CCCN1. The van der Waals surface area contributed by atoms with Crippen molar-refractivity contribution < 1.29 is 4.79 Å². The minimum Gasteiger partial charge on any atom is -0.307 e. The lowest BCUT2D eigenvalue weighted by molar-refractivity contribution is -0.120. The van der Waals surface area contributed by atoms with Gasteiger partial charge in [-0.1, -0.05) is 12.1 Å². The Kier molecular flexibility index (Phi) is 3.89. The molecule has 0 unspecified atom stereocenters. The molecular formula is C18H17N3OS. The van der Waals surface area contributed by atoms with Gasteiger partial charge in [0.05, 0.1) is 22.9 Å². The Morgan fingerprint density at radius 2 is 2.22 bits per heavy atom. The van der Waals surface area contributed by atoms with E-state index in [-0.39, 0.29) is 11.8 Å². The highest BCUT2D eigenvalue weighted by atomic mass is 32.1. The van der Waals surface area contributed by atoms with E-state index < -0.39 is 0 Å². The smallest absolute Gasteiger partial charge is 0.155 e. The van der Waals surface area contributed by atoms with E-state index in [2.05, 4.69) is 33.5 Å². The van der Waals surface area contributed by atoms with Gasteiger partial charge < -0.3 is 5.32 Å². The summed E-state index contributed by atoms with van der Waals surface area (Å²) in [5, 5.41) is 5.47. The van der Waals surface area contributed by atoms with Crippen molar-refractivity contribution in [2.75, 3.05) is 6.54 Å². The molecule has 2 aromatic heterocycles. The fourth-order valence-electron chi connectivity index (χ4n) is 3.06. The number of hydrogen-bond donors (Lipinski definition) is 1. The first kappa shape index (κ1) is 14.5. The van der Waals surface area contributed by atoms with Crippen molar-refractivity contribution in [2.45, 2.75) is 25.3 Å². The first-order chi connectivity index (χ1) is 11.3. The molecule has 4 nitrogen and oxygen atoms in total. The number of ketones is 1. The number of thiazole rings is 1. The lowest BCUT2D eigenvalue weighted by Crippen LogP contribution is -2.32. The number of carbonyl (C=O) groups is 1. The summed E-state index contributed by atoms with van der Waals surface area (Å²) in [4.78, 5) is 22.0. The minimum atomic E-state index is 0.0102. The molecule has 1 fully saturated rings. The molecule has 0 saturated carbocycles. The van der Waals surface area contributed by atoms with Crippen LogP contribution in [-0.4, -0.2) is 28.3 Å². The van der Waals surface area contributed by atoms with Gasteiger partial charge in [0.15, 0.2) is 5.78 Å². The molecule has 0 amide bonds. The van der Waals surface area contributed by atoms with Gasteiger partial charge in [0.25, 0.3) is 0 Å². The first-order valence-corrected chi connectivity index (χ1v) is 8.71. The maximum Gasteiger partial charge on any atom is 0.155 e. The van der Waals surface area contributed by atoms with Crippen LogP contribution >= 0.6 is 11.3 Å². The van der Waals surface area contributed by atoms with E-state index in [0.717, 1.165) is 46.3 Å². The lowest BCUT2D eigenvalue weighted by atomic mass is 10.0. The molecule has 4 rings (SSSR count). The highest BCUT2D eigenvalue weighted by Gasteiger charge is 2.22. The Balaban J connectivity index is 1.62. The average molecular weight is 323 g/mol. The zero-order valence-corrected chi connectivity index (χ0v) is 13.5. The summed E-state index contributed by atoms with van der Waals surface area (Å²) in [6.45, 7) is 0.944. The molecule has 1 atom stereocenters. The van der Waals surface area contributed by atoms with Gasteiger partial charge in [-0.05, 0) is 42.5 Å². The Hall–Kier alpha value is -2.11. The molecule has 5 heteroatoms. The van der Waals surface area contributed by atoms with Crippen molar-refractivity contribution in [3.8, 4) is 10.4 Å². The summed E-state index contributed by atoms with van der Waals surface area (Å²) in [5.41, 5.74) is 3.84. The van der Waals surface area contributed by atoms with Crippen molar-refractivity contribution in [1.29, 1.82) is 0 Å². The molecule has 1 N–H and O–H groups in total. The number of benzene rings is 1. The second kappa shape index (κ2) is 6.18. The van der Waals surface area contributed by atoms with Crippen LogP contribution < -0.4 is 5.32 Å². The van der Waals surface area contributed by atoms with Gasteiger partial charge in [-0.25, -0.2) is 0 Å². The summed E-state index contributed by atoms with van der Waals surface area (Å²) in [6, 6.07) is 8.35. The second-order valence-electron chi connectivity index (χ2n) is 5.90. The predicted octanol–water partition coefficient (Wildman–Crippen LogP) is 3.22. The van der Waals surface area contributed by atoms with E-state index in [4.69, 9.17) is 0 Å². The molecule has 0 bridgehead atoms. The van der Waals surface area contributed by atoms with Crippen LogP contribution in [0.3, 0.4) is 0 Å². The number of carbonyl (C=O) groups excluding carboxylic acids is 1. The van der Waals surface area contributed by atoms with Crippen LogP contribution in [0.1, 0.15) is 18.5 Å². The van der Waals surface area contributed by atoms with Crippen LogP contribution in [-0.2, 0) is 11.2 Å². The van der Waals surface area contributed by atoms with Crippen LogP contribution in [0, 0.1) is 0 Å². The molecule has 1 saturated heterocycles. The topological polar surface area (TPSA) is 54.9 Å². The van der Waals surface area contributed by atoms with Crippen molar-refractivity contribution >= 4 is 27.9 Å². The Morgan fingerprint density at radius 3 is 3.00 bits per heavy atom. The van der Waals surface area contributed by atoms with Gasteiger partial charge in [0, 0.05) is 23.5 Å².